The lowest BCUT2D eigenvalue weighted by atomic mass is 10.3. The van der Waals surface area contributed by atoms with Crippen molar-refractivity contribution < 1.29 is 0 Å². The summed E-state index contributed by atoms with van der Waals surface area (Å²) in [5, 5.41) is 0. The van der Waals surface area contributed by atoms with Crippen molar-refractivity contribution in [1.29, 1.82) is 0 Å². The maximum absolute atomic E-state index is 5.60. The molecule has 0 radical (unpaired) electrons. The van der Waals surface area contributed by atoms with Crippen LogP contribution >= 0.6 is 15.9 Å². The molecule has 1 rings (SSSR count). The maximum Gasteiger partial charge on any atom is 0.146 e. The summed E-state index contributed by atoms with van der Waals surface area (Å²) >= 11 is 3.47. The normalized spacial score (nSPS) is 12.6. The summed E-state index contributed by atoms with van der Waals surface area (Å²) in [5.41, 5.74) is 6.53. The molecule has 14 heavy (non-hydrogen) atoms. The van der Waals surface area contributed by atoms with Crippen LogP contribution in [0.4, 0.5) is 5.82 Å². The first kappa shape index (κ1) is 11.4. The zero-order valence-corrected chi connectivity index (χ0v) is 10.2. The van der Waals surface area contributed by atoms with E-state index in [1.165, 1.54) is 0 Å². The monoisotopic (exact) mass is 258 g/mol. The van der Waals surface area contributed by atoms with Gasteiger partial charge in [-0.05, 0) is 29.8 Å². The molecule has 5 heteroatoms. The maximum atomic E-state index is 5.60. The number of hydrogen-bond donors (Lipinski definition) is 1. The van der Waals surface area contributed by atoms with Crippen LogP contribution in [0.25, 0.3) is 0 Å². The number of halogens is 1. The summed E-state index contributed by atoms with van der Waals surface area (Å²) in [6, 6.07) is 0.264. The first-order chi connectivity index (χ1) is 6.57. The average Bonchev–Trinajstić information content (AvgIpc) is 2.20. The van der Waals surface area contributed by atoms with Crippen molar-refractivity contribution in [2.24, 2.45) is 5.73 Å². The number of rotatable bonds is 3. The molecule has 0 fully saturated rings. The van der Waals surface area contributed by atoms with Crippen LogP contribution in [0, 0.1) is 6.92 Å². The molecule has 0 saturated heterocycles. The summed E-state index contributed by atoms with van der Waals surface area (Å²) in [7, 11) is 1.98. The number of hydrogen-bond acceptors (Lipinski definition) is 4. The molecule has 2 N–H and O–H groups in total. The molecule has 1 atom stereocenters. The van der Waals surface area contributed by atoms with Crippen LogP contribution in [0.15, 0.2) is 10.8 Å². The van der Waals surface area contributed by atoms with E-state index in [-0.39, 0.29) is 6.04 Å². The van der Waals surface area contributed by atoms with E-state index in [1.54, 1.807) is 6.33 Å². The quantitative estimate of drug-likeness (QED) is 0.889. The number of aryl methyl sites for hydroxylation is 1. The van der Waals surface area contributed by atoms with Gasteiger partial charge in [0.25, 0.3) is 0 Å². The molecular formula is C9H15BrN4. The standard InChI is InChI=1S/C9H15BrN4/c1-6(4-11)14(3)9-8(10)7(2)12-5-13-9/h5-6H,4,11H2,1-3H3. The van der Waals surface area contributed by atoms with Gasteiger partial charge in [0.2, 0.25) is 0 Å². The van der Waals surface area contributed by atoms with Gasteiger partial charge < -0.3 is 10.6 Å². The Bertz CT molecular complexity index is 316. The van der Waals surface area contributed by atoms with Gasteiger partial charge in [-0.15, -0.1) is 0 Å². The average molecular weight is 259 g/mol. The molecular weight excluding hydrogens is 244 g/mol. The van der Waals surface area contributed by atoms with Crippen molar-refractivity contribution in [2.75, 3.05) is 18.5 Å². The van der Waals surface area contributed by atoms with E-state index in [0.717, 1.165) is 16.0 Å². The molecule has 0 amide bonds. The predicted octanol–water partition coefficient (Wildman–Crippen LogP) is 1.33. The van der Waals surface area contributed by atoms with Crippen LogP contribution < -0.4 is 10.6 Å². The van der Waals surface area contributed by atoms with Crippen molar-refractivity contribution in [3.8, 4) is 0 Å². The molecule has 1 unspecified atom stereocenters. The Hall–Kier alpha value is -0.680. The summed E-state index contributed by atoms with van der Waals surface area (Å²) in [6.07, 6.45) is 1.56. The summed E-state index contributed by atoms with van der Waals surface area (Å²) in [6.45, 7) is 4.60. The largest absolute Gasteiger partial charge is 0.355 e. The molecule has 0 aliphatic rings. The van der Waals surface area contributed by atoms with Crippen molar-refractivity contribution in [3.05, 3.63) is 16.5 Å². The van der Waals surface area contributed by atoms with Crippen LogP contribution in [-0.2, 0) is 0 Å². The molecule has 0 aromatic carbocycles. The van der Waals surface area contributed by atoms with Gasteiger partial charge in [0.05, 0.1) is 10.2 Å². The zero-order valence-electron chi connectivity index (χ0n) is 8.66. The minimum absolute atomic E-state index is 0.264. The molecule has 78 valence electrons. The van der Waals surface area contributed by atoms with Gasteiger partial charge in [0, 0.05) is 19.6 Å². The third-order valence-corrected chi connectivity index (χ3v) is 3.21. The molecule has 1 aromatic heterocycles. The van der Waals surface area contributed by atoms with Crippen LogP contribution in [0.2, 0.25) is 0 Å². The highest BCUT2D eigenvalue weighted by molar-refractivity contribution is 9.10. The third-order valence-electron chi connectivity index (χ3n) is 2.28. The van der Waals surface area contributed by atoms with Gasteiger partial charge in [-0.2, -0.15) is 0 Å². The van der Waals surface area contributed by atoms with Crippen LogP contribution in [-0.4, -0.2) is 29.6 Å². The number of nitrogens with zero attached hydrogens (tertiary/aromatic N) is 3. The lowest BCUT2D eigenvalue weighted by Gasteiger charge is -2.25. The molecule has 1 heterocycles. The lowest BCUT2D eigenvalue weighted by molar-refractivity contribution is 0.684. The first-order valence-electron chi connectivity index (χ1n) is 4.48. The fourth-order valence-corrected chi connectivity index (χ4v) is 1.54. The van der Waals surface area contributed by atoms with E-state index in [4.69, 9.17) is 5.73 Å². The third kappa shape index (κ3) is 2.22. The lowest BCUT2D eigenvalue weighted by Crippen LogP contribution is -2.36. The molecule has 0 bridgehead atoms. The van der Waals surface area contributed by atoms with Crippen molar-refractivity contribution in [2.45, 2.75) is 19.9 Å². The second kappa shape index (κ2) is 4.70. The highest BCUT2D eigenvalue weighted by atomic mass is 79.9. The van der Waals surface area contributed by atoms with Gasteiger partial charge >= 0.3 is 0 Å². The van der Waals surface area contributed by atoms with Crippen LogP contribution in [0.5, 0.6) is 0 Å². The van der Waals surface area contributed by atoms with Gasteiger partial charge in [-0.1, -0.05) is 0 Å². The fraction of sp³-hybridized carbons (Fsp3) is 0.556. The van der Waals surface area contributed by atoms with Gasteiger partial charge in [-0.3, -0.25) is 0 Å². The van der Waals surface area contributed by atoms with E-state index in [1.807, 2.05) is 18.9 Å². The molecule has 4 nitrogen and oxygen atoms in total. The van der Waals surface area contributed by atoms with Crippen molar-refractivity contribution in [1.82, 2.24) is 9.97 Å². The Labute approximate surface area is 92.7 Å². The number of anilines is 1. The number of aromatic nitrogens is 2. The topological polar surface area (TPSA) is 55.0 Å². The smallest absolute Gasteiger partial charge is 0.146 e. The molecule has 0 spiro atoms. The second-order valence-corrected chi connectivity index (χ2v) is 4.09. The molecule has 0 aliphatic carbocycles. The van der Waals surface area contributed by atoms with Gasteiger partial charge in [-0.25, -0.2) is 9.97 Å². The second-order valence-electron chi connectivity index (χ2n) is 3.29. The Morgan fingerprint density at radius 1 is 1.57 bits per heavy atom. The zero-order chi connectivity index (χ0) is 10.7. The molecule has 1 aromatic rings. The minimum atomic E-state index is 0.264. The first-order valence-corrected chi connectivity index (χ1v) is 5.27. The van der Waals surface area contributed by atoms with E-state index in [0.29, 0.717) is 6.54 Å². The summed E-state index contributed by atoms with van der Waals surface area (Å²) < 4.78 is 0.933. The molecule has 0 aliphatic heterocycles. The van der Waals surface area contributed by atoms with E-state index >= 15 is 0 Å². The Kier molecular flexibility index (Phi) is 3.83. The summed E-state index contributed by atoms with van der Waals surface area (Å²) in [5.74, 6) is 0.885. The number of nitrogens with two attached hydrogens (primary N) is 1. The minimum Gasteiger partial charge on any atom is -0.355 e. The number of likely N-dealkylation sites (N-methyl/N-ethyl adjacent to an activating group) is 1. The Balaban J connectivity index is 3.01. The van der Waals surface area contributed by atoms with E-state index in [9.17, 15) is 0 Å². The fourth-order valence-electron chi connectivity index (χ4n) is 1.06. The van der Waals surface area contributed by atoms with Crippen molar-refractivity contribution in [3.63, 3.8) is 0 Å². The van der Waals surface area contributed by atoms with Gasteiger partial charge in [0.1, 0.15) is 12.1 Å². The van der Waals surface area contributed by atoms with Gasteiger partial charge in [0.15, 0.2) is 0 Å². The predicted molar refractivity (Wildman–Crippen MR) is 61.4 cm³/mol. The Morgan fingerprint density at radius 3 is 2.79 bits per heavy atom. The summed E-state index contributed by atoms with van der Waals surface area (Å²) in [4.78, 5) is 10.4. The van der Waals surface area contributed by atoms with E-state index in [2.05, 4.69) is 32.8 Å². The highest BCUT2D eigenvalue weighted by Gasteiger charge is 2.14. The Morgan fingerprint density at radius 2 is 2.21 bits per heavy atom. The van der Waals surface area contributed by atoms with Crippen molar-refractivity contribution >= 4 is 21.7 Å². The highest BCUT2D eigenvalue weighted by Crippen LogP contribution is 2.25. The van der Waals surface area contributed by atoms with Crippen LogP contribution in [0.1, 0.15) is 12.6 Å². The SMILES string of the molecule is Cc1ncnc(N(C)C(C)CN)c1Br. The molecule has 0 saturated carbocycles. The van der Waals surface area contributed by atoms with Crippen LogP contribution in [0.3, 0.4) is 0 Å². The van der Waals surface area contributed by atoms with E-state index < -0.39 is 0 Å².